The average molecular weight is 448 g/mol. The maximum absolute atomic E-state index is 12.9. The van der Waals surface area contributed by atoms with E-state index in [9.17, 15) is 14.4 Å². The van der Waals surface area contributed by atoms with Gasteiger partial charge in [-0.25, -0.2) is 14.4 Å². The van der Waals surface area contributed by atoms with E-state index in [1.165, 1.54) is 19.1 Å². The smallest absolute Gasteiger partial charge is 0.355 e. The SMILES string of the molecule is CCCOC(=O)c1cc(N2COCC(C(=O)OC)=C2C(=O)OC)ccc1N1CCOCC1. The van der Waals surface area contributed by atoms with Gasteiger partial charge in [0.15, 0.2) is 0 Å². The molecule has 3 rings (SSSR count). The number of morpholine rings is 1. The summed E-state index contributed by atoms with van der Waals surface area (Å²) in [4.78, 5) is 41.2. The van der Waals surface area contributed by atoms with Crippen molar-refractivity contribution in [2.75, 3.05) is 70.3 Å². The lowest BCUT2D eigenvalue weighted by molar-refractivity contribution is -0.140. The summed E-state index contributed by atoms with van der Waals surface area (Å²) in [5.74, 6) is -1.87. The first-order valence-electron chi connectivity index (χ1n) is 10.4. The number of ether oxygens (including phenoxy) is 5. The van der Waals surface area contributed by atoms with E-state index in [1.54, 1.807) is 18.2 Å². The number of methoxy groups -OCH3 is 2. The summed E-state index contributed by atoms with van der Waals surface area (Å²) in [6, 6.07) is 5.19. The van der Waals surface area contributed by atoms with Gasteiger partial charge in [0.05, 0.1) is 57.5 Å². The molecule has 0 aliphatic carbocycles. The predicted molar refractivity (Wildman–Crippen MR) is 114 cm³/mol. The Kier molecular flexibility index (Phi) is 8.07. The van der Waals surface area contributed by atoms with Gasteiger partial charge in [-0.1, -0.05) is 6.92 Å². The van der Waals surface area contributed by atoms with Crippen molar-refractivity contribution in [3.63, 3.8) is 0 Å². The molecule has 0 saturated carbocycles. The molecule has 0 amide bonds. The molecule has 1 saturated heterocycles. The Morgan fingerprint density at radius 2 is 1.72 bits per heavy atom. The number of nitrogens with zero attached hydrogens (tertiary/aromatic N) is 2. The number of anilines is 2. The van der Waals surface area contributed by atoms with Gasteiger partial charge in [0.2, 0.25) is 0 Å². The van der Waals surface area contributed by atoms with Gasteiger partial charge in [0.1, 0.15) is 12.4 Å². The highest BCUT2D eigenvalue weighted by molar-refractivity contribution is 6.04. The number of esters is 3. The number of carbonyl (C=O) groups excluding carboxylic acids is 3. The number of benzene rings is 1. The molecule has 10 nitrogen and oxygen atoms in total. The molecule has 0 bridgehead atoms. The second-order valence-corrected chi connectivity index (χ2v) is 7.15. The quantitative estimate of drug-likeness (QED) is 0.450. The molecule has 32 heavy (non-hydrogen) atoms. The van der Waals surface area contributed by atoms with Crippen molar-refractivity contribution in [1.29, 1.82) is 0 Å². The predicted octanol–water partition coefficient (Wildman–Crippen LogP) is 1.48. The van der Waals surface area contributed by atoms with Gasteiger partial charge in [-0.05, 0) is 24.6 Å². The molecular formula is C22H28N2O8. The van der Waals surface area contributed by atoms with Crippen LogP contribution in [0.1, 0.15) is 23.7 Å². The van der Waals surface area contributed by atoms with Crippen molar-refractivity contribution in [2.24, 2.45) is 0 Å². The third-order valence-corrected chi connectivity index (χ3v) is 5.13. The second kappa shape index (κ2) is 11.0. The van der Waals surface area contributed by atoms with Crippen LogP contribution in [0.5, 0.6) is 0 Å². The fourth-order valence-corrected chi connectivity index (χ4v) is 3.56. The van der Waals surface area contributed by atoms with E-state index in [0.29, 0.717) is 49.7 Å². The van der Waals surface area contributed by atoms with Crippen molar-refractivity contribution in [3.8, 4) is 0 Å². The van der Waals surface area contributed by atoms with E-state index >= 15 is 0 Å². The van der Waals surface area contributed by atoms with Crippen LogP contribution >= 0.6 is 0 Å². The van der Waals surface area contributed by atoms with Crippen LogP contribution in [0.3, 0.4) is 0 Å². The van der Waals surface area contributed by atoms with E-state index in [-0.39, 0.29) is 31.2 Å². The zero-order valence-corrected chi connectivity index (χ0v) is 18.5. The van der Waals surface area contributed by atoms with Gasteiger partial charge in [0.25, 0.3) is 0 Å². The van der Waals surface area contributed by atoms with E-state index in [0.717, 1.165) is 0 Å². The summed E-state index contributed by atoms with van der Waals surface area (Å²) >= 11 is 0. The van der Waals surface area contributed by atoms with Crippen molar-refractivity contribution in [2.45, 2.75) is 13.3 Å². The van der Waals surface area contributed by atoms with Crippen molar-refractivity contribution >= 4 is 29.3 Å². The lowest BCUT2D eigenvalue weighted by Gasteiger charge is -2.33. The summed E-state index contributed by atoms with van der Waals surface area (Å²) in [6.07, 6.45) is 0.690. The first-order chi connectivity index (χ1) is 15.5. The van der Waals surface area contributed by atoms with Crippen LogP contribution in [0.25, 0.3) is 0 Å². The van der Waals surface area contributed by atoms with Crippen LogP contribution in [-0.2, 0) is 33.3 Å². The summed E-state index contributed by atoms with van der Waals surface area (Å²) in [5, 5.41) is 0. The topological polar surface area (TPSA) is 104 Å². The molecule has 10 heteroatoms. The van der Waals surface area contributed by atoms with Gasteiger partial charge in [-0.15, -0.1) is 0 Å². The Hall–Kier alpha value is -3.11. The number of hydrogen-bond acceptors (Lipinski definition) is 10. The fraction of sp³-hybridized carbons (Fsp3) is 0.500. The first kappa shape index (κ1) is 23.6. The van der Waals surface area contributed by atoms with Crippen LogP contribution in [0, 0.1) is 0 Å². The molecule has 0 radical (unpaired) electrons. The number of rotatable bonds is 7. The van der Waals surface area contributed by atoms with E-state index < -0.39 is 17.9 Å². The fourth-order valence-electron chi connectivity index (χ4n) is 3.56. The van der Waals surface area contributed by atoms with Gasteiger partial charge in [0, 0.05) is 18.8 Å². The third-order valence-electron chi connectivity index (χ3n) is 5.13. The molecule has 0 aromatic heterocycles. The van der Waals surface area contributed by atoms with Gasteiger partial charge >= 0.3 is 17.9 Å². The Labute approximate surface area is 186 Å². The molecular weight excluding hydrogens is 420 g/mol. The average Bonchev–Trinajstić information content (AvgIpc) is 2.85. The molecule has 1 aromatic rings. The second-order valence-electron chi connectivity index (χ2n) is 7.15. The molecule has 0 N–H and O–H groups in total. The first-order valence-corrected chi connectivity index (χ1v) is 10.4. The summed E-state index contributed by atoms with van der Waals surface area (Å²) in [7, 11) is 2.45. The van der Waals surface area contributed by atoms with E-state index in [4.69, 9.17) is 23.7 Å². The number of carbonyl (C=O) groups is 3. The molecule has 0 unspecified atom stereocenters. The van der Waals surface area contributed by atoms with E-state index in [1.807, 2.05) is 6.92 Å². The van der Waals surface area contributed by atoms with Crippen LogP contribution in [0.15, 0.2) is 29.5 Å². The minimum absolute atomic E-state index is 0.00865. The Bertz CT molecular complexity index is 892. The number of hydrogen-bond donors (Lipinski definition) is 0. The van der Waals surface area contributed by atoms with Gasteiger partial charge in [-0.2, -0.15) is 0 Å². The van der Waals surface area contributed by atoms with Crippen LogP contribution in [-0.4, -0.2) is 78.4 Å². The highest BCUT2D eigenvalue weighted by Gasteiger charge is 2.33. The van der Waals surface area contributed by atoms with Crippen LogP contribution in [0.4, 0.5) is 11.4 Å². The molecule has 0 spiro atoms. The largest absolute Gasteiger partial charge is 0.466 e. The Morgan fingerprint density at radius 3 is 2.38 bits per heavy atom. The zero-order chi connectivity index (χ0) is 23.1. The lowest BCUT2D eigenvalue weighted by atomic mass is 10.1. The van der Waals surface area contributed by atoms with E-state index in [2.05, 4.69) is 4.90 Å². The summed E-state index contributed by atoms with van der Waals surface area (Å²) < 4.78 is 26.0. The zero-order valence-electron chi connectivity index (χ0n) is 18.5. The van der Waals surface area contributed by atoms with Crippen molar-refractivity contribution in [3.05, 3.63) is 35.0 Å². The molecule has 2 aliphatic rings. The molecule has 2 aliphatic heterocycles. The maximum Gasteiger partial charge on any atom is 0.355 e. The molecule has 174 valence electrons. The minimum Gasteiger partial charge on any atom is -0.466 e. The van der Waals surface area contributed by atoms with Crippen molar-refractivity contribution < 1.29 is 38.1 Å². The Balaban J connectivity index is 2.06. The minimum atomic E-state index is -0.707. The summed E-state index contributed by atoms with van der Waals surface area (Å²) in [5.41, 5.74) is 1.60. The molecule has 1 aromatic carbocycles. The highest BCUT2D eigenvalue weighted by atomic mass is 16.5. The van der Waals surface area contributed by atoms with Crippen LogP contribution in [0.2, 0.25) is 0 Å². The Morgan fingerprint density at radius 1 is 1.00 bits per heavy atom. The third kappa shape index (κ3) is 5.03. The van der Waals surface area contributed by atoms with Crippen LogP contribution < -0.4 is 9.80 Å². The monoisotopic (exact) mass is 448 g/mol. The normalized spacial score (nSPS) is 16.6. The molecule has 0 atom stereocenters. The molecule has 1 fully saturated rings. The standard InChI is InChI=1S/C22H28N2O8/c1-4-9-32-21(26)16-12-15(5-6-18(16)23-7-10-30-11-8-23)24-14-31-13-17(20(25)28-2)19(24)22(27)29-3/h5-6,12H,4,7-11,13-14H2,1-3H3. The maximum atomic E-state index is 12.9. The summed E-state index contributed by atoms with van der Waals surface area (Å²) in [6.45, 7) is 4.50. The lowest BCUT2D eigenvalue weighted by Crippen LogP contribution is -2.39. The molecule has 2 heterocycles. The highest BCUT2D eigenvalue weighted by Crippen LogP contribution is 2.32. The van der Waals surface area contributed by atoms with Gasteiger partial charge < -0.3 is 33.5 Å². The van der Waals surface area contributed by atoms with Crippen molar-refractivity contribution in [1.82, 2.24) is 0 Å². The van der Waals surface area contributed by atoms with Gasteiger partial charge in [-0.3, -0.25) is 0 Å².